The van der Waals surface area contributed by atoms with E-state index in [1.165, 1.54) is 4.90 Å². The van der Waals surface area contributed by atoms with Crippen LogP contribution in [0.3, 0.4) is 0 Å². The third-order valence-electron chi connectivity index (χ3n) is 2.82. The second-order valence-electron chi connectivity index (χ2n) is 5.71. The molecule has 23 heavy (non-hydrogen) atoms. The molecular formula is C13H31N3O5S2. The van der Waals surface area contributed by atoms with Gasteiger partial charge in [0.05, 0.1) is 11.5 Å². The Morgan fingerprint density at radius 3 is 1.74 bits per heavy atom. The molecule has 0 fully saturated rings. The number of unbranched alkanes of at least 4 members (excludes halogenated alkanes) is 2. The van der Waals surface area contributed by atoms with Crippen molar-refractivity contribution in [1.29, 1.82) is 0 Å². The molecular weight excluding hydrogens is 342 g/mol. The van der Waals surface area contributed by atoms with Crippen LogP contribution in [0.15, 0.2) is 0 Å². The molecule has 0 bridgehead atoms. The molecule has 0 unspecified atom stereocenters. The van der Waals surface area contributed by atoms with Crippen molar-refractivity contribution >= 4 is 26.0 Å². The number of hydrogen-bond donors (Lipinski definition) is 2. The van der Waals surface area contributed by atoms with Crippen LogP contribution in [0.25, 0.3) is 0 Å². The molecule has 0 aliphatic heterocycles. The van der Waals surface area contributed by atoms with E-state index in [9.17, 15) is 21.6 Å². The monoisotopic (exact) mass is 373 g/mol. The lowest BCUT2D eigenvalue weighted by molar-refractivity contribution is -0.133. The fraction of sp³-hybridized carbons (Fsp3) is 0.923. The highest BCUT2D eigenvalue weighted by molar-refractivity contribution is 7.89. The Balaban J connectivity index is 0. The number of nitrogens with zero attached hydrogens (tertiary/aromatic N) is 1. The minimum atomic E-state index is -3.40. The molecule has 0 spiro atoms. The predicted molar refractivity (Wildman–Crippen MR) is 92.6 cm³/mol. The van der Waals surface area contributed by atoms with Gasteiger partial charge in [0.2, 0.25) is 26.0 Å². The lowest BCUT2D eigenvalue weighted by Gasteiger charge is -2.18. The number of primary sulfonamides is 2. The summed E-state index contributed by atoms with van der Waals surface area (Å²) in [6, 6.07) is 0. The van der Waals surface area contributed by atoms with Crippen molar-refractivity contribution in [3.8, 4) is 0 Å². The van der Waals surface area contributed by atoms with Crippen molar-refractivity contribution in [2.75, 3.05) is 25.1 Å². The van der Waals surface area contributed by atoms with Crippen molar-refractivity contribution in [3.63, 3.8) is 0 Å². The average molecular weight is 374 g/mol. The fourth-order valence-corrected chi connectivity index (χ4v) is 2.75. The Morgan fingerprint density at radius 1 is 0.957 bits per heavy atom. The number of carbonyl (C=O) groups is 1. The first-order chi connectivity index (χ1) is 10.3. The largest absolute Gasteiger partial charge is 0.346 e. The first kappa shape index (κ1) is 24.5. The first-order valence-corrected chi connectivity index (χ1v) is 11.0. The Hall–Kier alpha value is -0.710. The van der Waals surface area contributed by atoms with Gasteiger partial charge in [-0.3, -0.25) is 4.79 Å². The van der Waals surface area contributed by atoms with Crippen LogP contribution in [-0.2, 0) is 24.8 Å². The van der Waals surface area contributed by atoms with Gasteiger partial charge < -0.3 is 4.90 Å². The summed E-state index contributed by atoms with van der Waals surface area (Å²) in [5.41, 5.74) is 0. The van der Waals surface area contributed by atoms with Crippen LogP contribution in [0, 0.1) is 5.92 Å². The molecule has 0 aromatic rings. The summed E-state index contributed by atoms with van der Waals surface area (Å²) in [5, 5.41) is 9.57. The van der Waals surface area contributed by atoms with Gasteiger partial charge in [0.25, 0.3) is 0 Å². The minimum absolute atomic E-state index is 0.0134. The van der Waals surface area contributed by atoms with Crippen LogP contribution in [0.1, 0.15) is 46.5 Å². The van der Waals surface area contributed by atoms with E-state index < -0.39 is 20.0 Å². The summed E-state index contributed by atoms with van der Waals surface area (Å²) in [7, 11) is -4.94. The maximum atomic E-state index is 11.3. The lowest BCUT2D eigenvalue weighted by atomic mass is 10.2. The number of hydrogen-bond acceptors (Lipinski definition) is 5. The van der Waals surface area contributed by atoms with Crippen molar-refractivity contribution in [2.24, 2.45) is 16.2 Å². The summed E-state index contributed by atoms with van der Waals surface area (Å²) in [4.78, 5) is 12.9. The second kappa shape index (κ2) is 11.8. The number of carbonyl (C=O) groups excluding carboxylic acids is 1. The normalized spacial score (nSPS) is 11.8. The molecule has 140 valence electrons. The average Bonchev–Trinajstić information content (AvgIpc) is 2.35. The van der Waals surface area contributed by atoms with Crippen molar-refractivity contribution in [3.05, 3.63) is 0 Å². The summed E-state index contributed by atoms with van der Waals surface area (Å²) in [6.45, 7) is 6.05. The van der Waals surface area contributed by atoms with Crippen LogP contribution in [0.2, 0.25) is 0 Å². The number of sulfonamides is 2. The maximum absolute atomic E-state index is 11.3. The number of rotatable bonds is 9. The molecule has 4 N–H and O–H groups in total. The smallest absolute Gasteiger partial charge is 0.224 e. The molecule has 0 rings (SSSR count). The number of nitrogens with two attached hydrogens (primary N) is 2. The molecule has 0 saturated heterocycles. The Morgan fingerprint density at radius 2 is 1.39 bits per heavy atom. The third kappa shape index (κ3) is 19.2. The van der Waals surface area contributed by atoms with Gasteiger partial charge in [0, 0.05) is 19.5 Å². The highest BCUT2D eigenvalue weighted by Gasteiger charge is 2.13. The van der Waals surface area contributed by atoms with Gasteiger partial charge in [0.1, 0.15) is 0 Å². The predicted octanol–water partition coefficient (Wildman–Crippen LogP) is 0.245. The molecule has 8 nitrogen and oxygen atoms in total. The molecule has 0 aromatic heterocycles. The van der Waals surface area contributed by atoms with Crippen LogP contribution >= 0.6 is 0 Å². The standard InChI is InChI=1S/C8H18N2O3S.C5H13NO2S/c1-7(2)8(11)10(3)5-4-6-14(9,12)13;1-2-3-4-5-9(6,7)8/h7H,4-6H2,1-3H3,(H2,9,12,13);2-5H2,1H3,(H2,6,7,8). The molecule has 10 heteroatoms. The van der Waals surface area contributed by atoms with E-state index in [4.69, 9.17) is 10.3 Å². The van der Waals surface area contributed by atoms with Gasteiger partial charge in [-0.25, -0.2) is 27.1 Å². The van der Waals surface area contributed by atoms with E-state index in [2.05, 4.69) is 0 Å². The topological polar surface area (TPSA) is 141 Å². The number of amides is 1. The summed E-state index contributed by atoms with van der Waals surface area (Å²) >= 11 is 0. The van der Waals surface area contributed by atoms with Crippen LogP contribution in [0.5, 0.6) is 0 Å². The van der Waals surface area contributed by atoms with Crippen LogP contribution < -0.4 is 10.3 Å². The molecule has 0 aliphatic rings. The van der Waals surface area contributed by atoms with Gasteiger partial charge in [0.15, 0.2) is 0 Å². The summed E-state index contributed by atoms with van der Waals surface area (Å²) in [5.74, 6) is -0.00212. The van der Waals surface area contributed by atoms with Gasteiger partial charge in [-0.15, -0.1) is 0 Å². The highest BCUT2D eigenvalue weighted by atomic mass is 32.2. The van der Waals surface area contributed by atoms with E-state index in [1.54, 1.807) is 20.9 Å². The zero-order valence-electron chi connectivity index (χ0n) is 14.5. The first-order valence-electron chi connectivity index (χ1n) is 7.56. The molecule has 0 saturated carbocycles. The van der Waals surface area contributed by atoms with Crippen molar-refractivity contribution in [1.82, 2.24) is 4.90 Å². The fourth-order valence-electron chi connectivity index (χ4n) is 1.61. The molecule has 0 aliphatic carbocycles. The van der Waals surface area contributed by atoms with E-state index >= 15 is 0 Å². The van der Waals surface area contributed by atoms with E-state index in [0.29, 0.717) is 19.4 Å². The molecule has 0 atom stereocenters. The van der Waals surface area contributed by atoms with Gasteiger partial charge in [-0.2, -0.15) is 0 Å². The molecule has 1 amide bonds. The van der Waals surface area contributed by atoms with E-state index in [1.807, 2.05) is 6.92 Å². The van der Waals surface area contributed by atoms with E-state index in [-0.39, 0.29) is 23.3 Å². The van der Waals surface area contributed by atoms with E-state index in [0.717, 1.165) is 12.8 Å². The Kier molecular flexibility index (Phi) is 12.6. The lowest BCUT2D eigenvalue weighted by Crippen LogP contribution is -2.32. The van der Waals surface area contributed by atoms with Gasteiger partial charge >= 0.3 is 0 Å². The third-order valence-corrected chi connectivity index (χ3v) is 4.54. The second-order valence-corrected chi connectivity index (χ2v) is 9.18. The SMILES string of the molecule is CC(C)C(=O)N(C)CCCS(N)(=O)=O.CCCCCS(N)(=O)=O. The van der Waals surface area contributed by atoms with Crippen LogP contribution in [0.4, 0.5) is 0 Å². The quantitative estimate of drug-likeness (QED) is 0.557. The van der Waals surface area contributed by atoms with Gasteiger partial charge in [-0.05, 0) is 12.8 Å². The molecule has 0 heterocycles. The van der Waals surface area contributed by atoms with Crippen molar-refractivity contribution < 1.29 is 21.6 Å². The van der Waals surface area contributed by atoms with Crippen molar-refractivity contribution in [2.45, 2.75) is 46.5 Å². The highest BCUT2D eigenvalue weighted by Crippen LogP contribution is 2.00. The Bertz CT molecular complexity index is 530. The summed E-state index contributed by atoms with van der Waals surface area (Å²) in [6.07, 6.45) is 3.04. The maximum Gasteiger partial charge on any atom is 0.224 e. The summed E-state index contributed by atoms with van der Waals surface area (Å²) < 4.78 is 41.7. The minimum Gasteiger partial charge on any atom is -0.346 e. The zero-order chi connectivity index (χ0) is 18.7. The van der Waals surface area contributed by atoms with Gasteiger partial charge in [-0.1, -0.05) is 33.6 Å². The zero-order valence-corrected chi connectivity index (χ0v) is 16.1. The molecule has 0 aromatic carbocycles. The Labute approximate surface area is 140 Å². The molecule has 0 radical (unpaired) electrons. The van der Waals surface area contributed by atoms with Crippen LogP contribution in [-0.4, -0.2) is 52.7 Å².